The molecule has 0 amide bonds. The summed E-state index contributed by atoms with van der Waals surface area (Å²) in [6, 6.07) is 0. The van der Waals surface area contributed by atoms with Crippen LogP contribution in [0, 0.1) is 17.8 Å². The topological polar surface area (TPSA) is 99.0 Å². The van der Waals surface area contributed by atoms with Crippen molar-refractivity contribution in [3.63, 3.8) is 0 Å². The lowest BCUT2D eigenvalue weighted by atomic mass is 9.86. The summed E-state index contributed by atoms with van der Waals surface area (Å²) in [4.78, 5) is 43.6. The molecule has 3 atom stereocenters. The van der Waals surface area contributed by atoms with Crippen molar-refractivity contribution in [2.24, 2.45) is 24.8 Å². The largest absolute Gasteiger partial charge is 0.457 e. The van der Waals surface area contributed by atoms with Gasteiger partial charge in [0, 0.05) is 20.0 Å². The zero-order chi connectivity index (χ0) is 19.8. The van der Waals surface area contributed by atoms with Crippen molar-refractivity contribution in [3.05, 3.63) is 26.7 Å². The summed E-state index contributed by atoms with van der Waals surface area (Å²) >= 11 is 0. The van der Waals surface area contributed by atoms with E-state index in [-0.39, 0.29) is 12.6 Å². The second kappa shape index (κ2) is 7.56. The van der Waals surface area contributed by atoms with E-state index >= 15 is 0 Å². The number of unbranched alkanes of at least 4 members (excludes halogenated alkanes) is 1. The molecule has 2 aromatic rings. The molecule has 2 fully saturated rings. The lowest BCUT2D eigenvalue weighted by molar-refractivity contribution is -0.146. The fourth-order valence-corrected chi connectivity index (χ4v) is 4.99. The molecule has 2 aliphatic rings. The number of esters is 1. The normalized spacial score (nSPS) is 23.6. The minimum atomic E-state index is -0.470. The highest BCUT2D eigenvalue weighted by molar-refractivity contribution is 5.71. The van der Waals surface area contributed by atoms with Crippen molar-refractivity contribution in [2.75, 3.05) is 0 Å². The first-order chi connectivity index (χ1) is 13.5. The first-order valence-corrected chi connectivity index (χ1v) is 10.3. The number of carbonyl (C=O) groups is 1. The van der Waals surface area contributed by atoms with Gasteiger partial charge in [0.15, 0.2) is 11.2 Å². The van der Waals surface area contributed by atoms with Gasteiger partial charge in [-0.25, -0.2) is 9.78 Å². The van der Waals surface area contributed by atoms with E-state index in [9.17, 15) is 14.4 Å². The number of nitrogens with one attached hydrogen (secondary N) is 1. The van der Waals surface area contributed by atoms with Crippen LogP contribution in [0.2, 0.25) is 0 Å². The number of hydrogen-bond acceptors (Lipinski definition) is 5. The number of aryl methyl sites for hydroxylation is 2. The van der Waals surface area contributed by atoms with Gasteiger partial charge in [0.25, 0.3) is 5.56 Å². The number of H-pyrrole nitrogens is 1. The second-order valence-electron chi connectivity index (χ2n) is 8.32. The molecular formula is C20H28N4O4. The molecule has 0 aliphatic heterocycles. The summed E-state index contributed by atoms with van der Waals surface area (Å²) < 4.78 is 8.58. The van der Waals surface area contributed by atoms with E-state index in [1.807, 2.05) is 6.92 Å². The van der Waals surface area contributed by atoms with Gasteiger partial charge in [0.05, 0.1) is 0 Å². The van der Waals surface area contributed by atoms with Crippen LogP contribution in [-0.4, -0.2) is 25.1 Å². The predicted molar refractivity (Wildman–Crippen MR) is 104 cm³/mol. The van der Waals surface area contributed by atoms with Crippen molar-refractivity contribution in [2.45, 2.75) is 65.0 Å². The molecule has 0 saturated heterocycles. The third-order valence-electron chi connectivity index (χ3n) is 6.52. The van der Waals surface area contributed by atoms with Crippen LogP contribution in [0.5, 0.6) is 0 Å². The Morgan fingerprint density at radius 1 is 1.29 bits per heavy atom. The SMILES string of the molecule is CCCCn1c(=O)[nH]c(=O)c2c1nc(COC(=O)C[C@@H]1C[C@H]3CC[C@@H]1C3)n2C. The van der Waals surface area contributed by atoms with Gasteiger partial charge in [-0.3, -0.25) is 19.1 Å². The van der Waals surface area contributed by atoms with Crippen LogP contribution in [0.3, 0.4) is 0 Å². The van der Waals surface area contributed by atoms with Crippen LogP contribution in [0.15, 0.2) is 9.59 Å². The number of ether oxygens (including phenoxy) is 1. The molecule has 2 bridgehead atoms. The Morgan fingerprint density at radius 3 is 2.79 bits per heavy atom. The van der Waals surface area contributed by atoms with Crippen molar-refractivity contribution in [1.82, 2.24) is 19.1 Å². The van der Waals surface area contributed by atoms with E-state index in [2.05, 4.69) is 9.97 Å². The number of aromatic nitrogens is 4. The molecule has 4 rings (SSSR count). The third kappa shape index (κ3) is 3.40. The average molecular weight is 388 g/mol. The Labute approximate surface area is 162 Å². The highest BCUT2D eigenvalue weighted by Gasteiger charge is 2.40. The van der Waals surface area contributed by atoms with Gasteiger partial charge < -0.3 is 9.30 Å². The highest BCUT2D eigenvalue weighted by Crippen LogP contribution is 2.49. The minimum Gasteiger partial charge on any atom is -0.457 e. The van der Waals surface area contributed by atoms with Crippen LogP contribution in [0.4, 0.5) is 0 Å². The van der Waals surface area contributed by atoms with Crippen LogP contribution < -0.4 is 11.2 Å². The Bertz CT molecular complexity index is 1000. The monoisotopic (exact) mass is 388 g/mol. The predicted octanol–water partition coefficient (Wildman–Crippen LogP) is 2.09. The zero-order valence-corrected chi connectivity index (χ0v) is 16.6. The fourth-order valence-electron chi connectivity index (χ4n) is 4.99. The van der Waals surface area contributed by atoms with E-state index in [4.69, 9.17) is 4.74 Å². The second-order valence-corrected chi connectivity index (χ2v) is 8.32. The maximum absolute atomic E-state index is 12.3. The Hall–Kier alpha value is -2.38. The van der Waals surface area contributed by atoms with E-state index in [1.54, 1.807) is 11.6 Å². The van der Waals surface area contributed by atoms with Crippen LogP contribution in [0.25, 0.3) is 11.2 Å². The van der Waals surface area contributed by atoms with E-state index < -0.39 is 11.2 Å². The van der Waals surface area contributed by atoms with Crippen molar-refractivity contribution < 1.29 is 9.53 Å². The number of fused-ring (bicyclic) bond motifs is 3. The molecule has 2 aromatic heterocycles. The number of hydrogen-bond donors (Lipinski definition) is 1. The summed E-state index contributed by atoms with van der Waals surface area (Å²) in [5.74, 6) is 2.20. The number of aromatic amines is 1. The van der Waals surface area contributed by atoms with Gasteiger partial charge >= 0.3 is 11.7 Å². The summed E-state index contributed by atoms with van der Waals surface area (Å²) in [7, 11) is 1.71. The molecule has 1 N–H and O–H groups in total. The van der Waals surface area contributed by atoms with Crippen LogP contribution >= 0.6 is 0 Å². The minimum absolute atomic E-state index is 0.00619. The number of rotatable bonds is 7. The average Bonchev–Trinajstić information content (AvgIpc) is 3.34. The quantitative estimate of drug-likeness (QED) is 0.732. The summed E-state index contributed by atoms with van der Waals surface area (Å²) in [5, 5.41) is 0. The van der Waals surface area contributed by atoms with Gasteiger partial charge in [-0.15, -0.1) is 0 Å². The molecule has 2 aliphatic carbocycles. The van der Waals surface area contributed by atoms with E-state index in [1.165, 1.54) is 23.8 Å². The van der Waals surface area contributed by atoms with Crippen molar-refractivity contribution in [1.29, 1.82) is 0 Å². The van der Waals surface area contributed by atoms with E-state index in [0.717, 1.165) is 25.2 Å². The zero-order valence-electron chi connectivity index (χ0n) is 16.6. The number of imidazole rings is 1. The maximum atomic E-state index is 12.3. The molecule has 2 heterocycles. The third-order valence-corrected chi connectivity index (χ3v) is 6.52. The highest BCUT2D eigenvalue weighted by atomic mass is 16.5. The standard InChI is InChI=1S/C20H28N4O4/c1-3-4-7-24-18-17(19(26)22-20(24)27)23(2)15(21-18)11-28-16(25)10-14-9-12-5-6-13(14)8-12/h12-14H,3-11H2,1-2H3,(H,22,26,27)/t12-,13+,14-/m0/s1. The first kappa shape index (κ1) is 19.0. The van der Waals surface area contributed by atoms with Crippen LogP contribution in [-0.2, 0) is 29.7 Å². The molecular weight excluding hydrogens is 360 g/mol. The fraction of sp³-hybridized carbons (Fsp3) is 0.700. The summed E-state index contributed by atoms with van der Waals surface area (Å²) in [6.07, 6.45) is 7.16. The van der Waals surface area contributed by atoms with Gasteiger partial charge in [-0.1, -0.05) is 19.8 Å². The number of nitrogens with zero attached hydrogens (tertiary/aromatic N) is 3. The molecule has 8 heteroatoms. The lowest BCUT2D eigenvalue weighted by Gasteiger charge is -2.20. The maximum Gasteiger partial charge on any atom is 0.330 e. The first-order valence-electron chi connectivity index (χ1n) is 10.3. The van der Waals surface area contributed by atoms with Gasteiger partial charge in [0.1, 0.15) is 12.4 Å². The Morgan fingerprint density at radius 2 is 2.11 bits per heavy atom. The lowest BCUT2D eigenvalue weighted by Crippen LogP contribution is -2.31. The summed E-state index contributed by atoms with van der Waals surface area (Å²) in [6.45, 7) is 2.53. The van der Waals surface area contributed by atoms with Gasteiger partial charge in [-0.05, 0) is 43.4 Å². The Kier molecular flexibility index (Phi) is 5.12. The molecule has 0 spiro atoms. The summed E-state index contributed by atoms with van der Waals surface area (Å²) in [5.41, 5.74) is -0.245. The molecule has 0 unspecified atom stereocenters. The Balaban J connectivity index is 1.50. The molecule has 0 radical (unpaired) electrons. The van der Waals surface area contributed by atoms with Gasteiger partial charge in [0.2, 0.25) is 0 Å². The van der Waals surface area contributed by atoms with Crippen LogP contribution in [0.1, 0.15) is 57.7 Å². The van der Waals surface area contributed by atoms with Crippen molar-refractivity contribution >= 4 is 17.1 Å². The van der Waals surface area contributed by atoms with Gasteiger partial charge in [-0.2, -0.15) is 0 Å². The van der Waals surface area contributed by atoms with Crippen molar-refractivity contribution in [3.8, 4) is 0 Å². The molecule has 28 heavy (non-hydrogen) atoms. The smallest absolute Gasteiger partial charge is 0.330 e. The molecule has 152 valence electrons. The molecule has 2 saturated carbocycles. The number of carbonyl (C=O) groups excluding carboxylic acids is 1. The van der Waals surface area contributed by atoms with E-state index in [0.29, 0.717) is 41.8 Å². The molecule has 0 aromatic carbocycles. The molecule has 8 nitrogen and oxygen atoms in total.